The van der Waals surface area contributed by atoms with Crippen molar-refractivity contribution in [3.05, 3.63) is 45.6 Å². The van der Waals surface area contributed by atoms with Crippen molar-refractivity contribution in [2.75, 3.05) is 11.3 Å². The third-order valence-corrected chi connectivity index (χ3v) is 4.79. The average molecular weight is 394 g/mol. The molecule has 0 atom stereocenters. The van der Waals surface area contributed by atoms with E-state index in [1.165, 1.54) is 12.1 Å². The second-order valence-electron chi connectivity index (χ2n) is 4.23. The monoisotopic (exact) mass is 392 g/mol. The fraction of sp³-hybridized carbons (Fsp3) is 0.231. The summed E-state index contributed by atoms with van der Waals surface area (Å²) in [6.45, 7) is 3.21. The minimum Gasteiger partial charge on any atom is -0.446 e. The van der Waals surface area contributed by atoms with Gasteiger partial charge in [0.05, 0.1) is 12.2 Å². The Morgan fingerprint density at radius 1 is 1.29 bits per heavy atom. The highest BCUT2D eigenvalue weighted by molar-refractivity contribution is 9.10. The number of halogens is 2. The highest BCUT2D eigenvalue weighted by Crippen LogP contribution is 2.28. The van der Waals surface area contributed by atoms with E-state index in [-0.39, 0.29) is 5.09 Å². The largest absolute Gasteiger partial charge is 0.446 e. The molecule has 0 aliphatic carbocycles. The van der Waals surface area contributed by atoms with Crippen molar-refractivity contribution in [1.29, 1.82) is 0 Å². The first-order valence-electron chi connectivity index (χ1n) is 6.19. The number of furan rings is 1. The average Bonchev–Trinajstić information content (AvgIpc) is 2.90. The fourth-order valence-electron chi connectivity index (χ4n) is 1.62. The normalized spacial score (nSPS) is 11.6. The van der Waals surface area contributed by atoms with E-state index in [4.69, 9.17) is 16.0 Å². The molecule has 5 nitrogen and oxygen atoms in total. The van der Waals surface area contributed by atoms with Crippen LogP contribution in [-0.2, 0) is 16.6 Å². The van der Waals surface area contributed by atoms with Gasteiger partial charge in [-0.25, -0.2) is 0 Å². The molecule has 1 aromatic carbocycles. The predicted molar refractivity (Wildman–Crippen MR) is 86.0 cm³/mol. The van der Waals surface area contributed by atoms with E-state index in [2.05, 4.69) is 26.0 Å². The number of hydrogen-bond acceptors (Lipinski definition) is 4. The number of sulfonamides is 1. The van der Waals surface area contributed by atoms with E-state index in [0.717, 1.165) is 6.54 Å². The lowest BCUT2D eigenvalue weighted by Gasteiger charge is -2.08. The van der Waals surface area contributed by atoms with Crippen LogP contribution in [0.1, 0.15) is 12.7 Å². The minimum absolute atomic E-state index is 0.137. The Morgan fingerprint density at radius 2 is 2.05 bits per heavy atom. The van der Waals surface area contributed by atoms with E-state index in [0.29, 0.717) is 27.5 Å². The molecule has 0 saturated heterocycles. The Hall–Kier alpha value is -1.02. The first kappa shape index (κ1) is 16.4. The zero-order valence-corrected chi connectivity index (χ0v) is 14.3. The lowest BCUT2D eigenvalue weighted by atomic mass is 10.3. The minimum atomic E-state index is -3.79. The summed E-state index contributed by atoms with van der Waals surface area (Å²) >= 11 is 9.13. The van der Waals surface area contributed by atoms with Crippen LogP contribution in [0.3, 0.4) is 0 Å². The SMILES string of the molecule is CCNCc1ccc(S(=O)(=O)Nc2cc(Cl)ccc2Br)o1. The Balaban J connectivity index is 2.22. The molecule has 2 aromatic rings. The van der Waals surface area contributed by atoms with E-state index < -0.39 is 10.0 Å². The summed E-state index contributed by atoms with van der Waals surface area (Å²) in [7, 11) is -3.79. The Bertz CT molecular complexity index is 731. The molecule has 0 aliphatic rings. The van der Waals surface area contributed by atoms with Gasteiger partial charge in [0, 0.05) is 9.50 Å². The van der Waals surface area contributed by atoms with Crippen LogP contribution >= 0.6 is 27.5 Å². The van der Waals surface area contributed by atoms with Gasteiger partial charge in [-0.05, 0) is 52.8 Å². The summed E-state index contributed by atoms with van der Waals surface area (Å²) in [6, 6.07) is 7.90. The summed E-state index contributed by atoms with van der Waals surface area (Å²) in [5.74, 6) is 0.558. The molecule has 0 radical (unpaired) electrons. The van der Waals surface area contributed by atoms with Crippen LogP contribution in [0.5, 0.6) is 0 Å². The van der Waals surface area contributed by atoms with Gasteiger partial charge in [-0.2, -0.15) is 8.42 Å². The maximum atomic E-state index is 12.3. The van der Waals surface area contributed by atoms with Crippen molar-refractivity contribution < 1.29 is 12.8 Å². The van der Waals surface area contributed by atoms with E-state index in [9.17, 15) is 8.42 Å². The molecule has 0 saturated carbocycles. The maximum Gasteiger partial charge on any atom is 0.295 e. The molecule has 1 heterocycles. The van der Waals surface area contributed by atoms with E-state index in [1.807, 2.05) is 6.92 Å². The van der Waals surface area contributed by atoms with Gasteiger partial charge in [-0.1, -0.05) is 18.5 Å². The number of hydrogen-bond donors (Lipinski definition) is 2. The van der Waals surface area contributed by atoms with Crippen molar-refractivity contribution in [3.8, 4) is 0 Å². The molecular formula is C13H14BrClN2O3S. The molecular weight excluding hydrogens is 380 g/mol. The van der Waals surface area contributed by atoms with Crippen molar-refractivity contribution in [2.24, 2.45) is 0 Å². The molecule has 0 spiro atoms. The number of benzene rings is 1. The van der Waals surface area contributed by atoms with Gasteiger partial charge in [0.2, 0.25) is 5.09 Å². The van der Waals surface area contributed by atoms with E-state index >= 15 is 0 Å². The van der Waals surface area contributed by atoms with Gasteiger partial charge in [-0.15, -0.1) is 0 Å². The number of rotatable bonds is 6. The van der Waals surface area contributed by atoms with Crippen LogP contribution < -0.4 is 10.0 Å². The molecule has 21 heavy (non-hydrogen) atoms. The molecule has 0 amide bonds. The maximum absolute atomic E-state index is 12.3. The van der Waals surface area contributed by atoms with Crippen molar-refractivity contribution in [2.45, 2.75) is 18.6 Å². The lowest BCUT2D eigenvalue weighted by Crippen LogP contribution is -2.13. The molecule has 2 rings (SSSR count). The molecule has 0 bridgehead atoms. The van der Waals surface area contributed by atoms with Crippen LogP contribution in [0.15, 0.2) is 44.3 Å². The molecule has 8 heteroatoms. The number of nitrogens with one attached hydrogen (secondary N) is 2. The molecule has 0 unspecified atom stereocenters. The first-order valence-corrected chi connectivity index (χ1v) is 8.85. The standard InChI is InChI=1S/C13H14BrClN2O3S/c1-2-16-8-10-4-6-13(20-10)21(18,19)17-12-7-9(15)3-5-11(12)14/h3-7,16-17H,2,8H2,1H3. The van der Waals surface area contributed by atoms with Gasteiger partial charge in [0.1, 0.15) is 5.76 Å². The quantitative estimate of drug-likeness (QED) is 0.786. The van der Waals surface area contributed by atoms with Crippen LogP contribution in [0.2, 0.25) is 5.02 Å². The Kier molecular flexibility index (Phi) is 5.32. The van der Waals surface area contributed by atoms with Crippen molar-refractivity contribution in [1.82, 2.24) is 5.32 Å². The topological polar surface area (TPSA) is 71.3 Å². The predicted octanol–water partition coefficient (Wildman–Crippen LogP) is 3.61. The molecule has 114 valence electrons. The smallest absolute Gasteiger partial charge is 0.295 e. The van der Waals surface area contributed by atoms with Gasteiger partial charge in [0.15, 0.2) is 0 Å². The van der Waals surface area contributed by atoms with Gasteiger partial charge in [0.25, 0.3) is 10.0 Å². The third-order valence-electron chi connectivity index (χ3n) is 2.62. The third kappa shape index (κ3) is 4.23. The van der Waals surface area contributed by atoms with Gasteiger partial charge < -0.3 is 9.73 Å². The molecule has 2 N–H and O–H groups in total. The highest BCUT2D eigenvalue weighted by Gasteiger charge is 2.20. The molecule has 0 aliphatic heterocycles. The van der Waals surface area contributed by atoms with Crippen LogP contribution in [0, 0.1) is 0 Å². The summed E-state index contributed by atoms with van der Waals surface area (Å²) < 4.78 is 32.9. The highest BCUT2D eigenvalue weighted by atomic mass is 79.9. The van der Waals surface area contributed by atoms with Crippen molar-refractivity contribution in [3.63, 3.8) is 0 Å². The Morgan fingerprint density at radius 3 is 2.76 bits per heavy atom. The molecule has 1 aromatic heterocycles. The molecule has 0 fully saturated rings. The van der Waals surface area contributed by atoms with Crippen LogP contribution in [0.4, 0.5) is 5.69 Å². The summed E-state index contributed by atoms with van der Waals surface area (Å²) in [5, 5.41) is 3.36. The number of anilines is 1. The van der Waals surface area contributed by atoms with Crippen LogP contribution in [0.25, 0.3) is 0 Å². The second-order valence-corrected chi connectivity index (χ2v) is 7.13. The Labute approximate surface area is 136 Å². The van der Waals surface area contributed by atoms with E-state index in [1.54, 1.807) is 18.2 Å². The fourth-order valence-corrected chi connectivity index (χ4v) is 3.29. The summed E-state index contributed by atoms with van der Waals surface area (Å²) in [6.07, 6.45) is 0. The lowest BCUT2D eigenvalue weighted by molar-refractivity contribution is 0.405. The first-order chi connectivity index (χ1) is 9.92. The van der Waals surface area contributed by atoms with Crippen LogP contribution in [-0.4, -0.2) is 15.0 Å². The van der Waals surface area contributed by atoms with Gasteiger partial charge in [-0.3, -0.25) is 4.72 Å². The summed E-state index contributed by atoms with van der Waals surface area (Å²) in [5.41, 5.74) is 0.354. The van der Waals surface area contributed by atoms with Crippen molar-refractivity contribution >= 4 is 43.2 Å². The summed E-state index contributed by atoms with van der Waals surface area (Å²) in [4.78, 5) is 0. The zero-order chi connectivity index (χ0) is 15.5. The second kappa shape index (κ2) is 6.83. The van der Waals surface area contributed by atoms with Gasteiger partial charge >= 0.3 is 0 Å². The zero-order valence-electron chi connectivity index (χ0n) is 11.2.